The van der Waals surface area contributed by atoms with E-state index in [-0.39, 0.29) is 5.41 Å². The highest BCUT2D eigenvalue weighted by Crippen LogP contribution is 2.31. The second-order valence-electron chi connectivity index (χ2n) is 5.84. The predicted molar refractivity (Wildman–Crippen MR) is 76.4 cm³/mol. The van der Waals surface area contributed by atoms with Gasteiger partial charge in [-0.05, 0) is 41.4 Å². The SMILES string of the molecule is C#CCC(CC)c1ccc(C)c(C(C)(C)C)c1. The van der Waals surface area contributed by atoms with Gasteiger partial charge in [-0.15, -0.1) is 12.3 Å². The molecule has 1 rings (SSSR count). The summed E-state index contributed by atoms with van der Waals surface area (Å²) >= 11 is 0. The van der Waals surface area contributed by atoms with E-state index in [0.717, 1.165) is 12.8 Å². The first-order valence-corrected chi connectivity index (χ1v) is 6.44. The largest absolute Gasteiger partial charge is 0.120 e. The molecule has 1 unspecified atom stereocenters. The molecular formula is C17H24. The second-order valence-corrected chi connectivity index (χ2v) is 5.84. The van der Waals surface area contributed by atoms with E-state index in [9.17, 15) is 0 Å². The summed E-state index contributed by atoms with van der Waals surface area (Å²) in [6.07, 6.45) is 7.39. The van der Waals surface area contributed by atoms with Gasteiger partial charge in [-0.3, -0.25) is 0 Å². The number of hydrogen-bond acceptors (Lipinski definition) is 0. The summed E-state index contributed by atoms with van der Waals surface area (Å²) in [7, 11) is 0. The molecule has 0 saturated carbocycles. The van der Waals surface area contributed by atoms with Crippen molar-refractivity contribution < 1.29 is 0 Å². The van der Waals surface area contributed by atoms with Gasteiger partial charge >= 0.3 is 0 Å². The molecular weight excluding hydrogens is 204 g/mol. The fourth-order valence-electron chi connectivity index (χ4n) is 2.34. The normalized spacial score (nSPS) is 13.2. The molecule has 0 amide bonds. The van der Waals surface area contributed by atoms with Crippen molar-refractivity contribution in [1.29, 1.82) is 0 Å². The molecule has 0 fully saturated rings. The van der Waals surface area contributed by atoms with Gasteiger partial charge in [0, 0.05) is 6.42 Å². The van der Waals surface area contributed by atoms with Gasteiger partial charge in [-0.2, -0.15) is 0 Å². The van der Waals surface area contributed by atoms with E-state index < -0.39 is 0 Å². The molecule has 92 valence electrons. The molecule has 0 heterocycles. The van der Waals surface area contributed by atoms with E-state index in [0.29, 0.717) is 5.92 Å². The highest BCUT2D eigenvalue weighted by Gasteiger charge is 2.18. The summed E-state index contributed by atoms with van der Waals surface area (Å²) in [4.78, 5) is 0. The molecule has 1 aromatic rings. The minimum absolute atomic E-state index is 0.203. The van der Waals surface area contributed by atoms with Crippen LogP contribution < -0.4 is 0 Å². The van der Waals surface area contributed by atoms with Crippen molar-refractivity contribution in [3.8, 4) is 12.3 Å². The molecule has 1 atom stereocenters. The van der Waals surface area contributed by atoms with E-state index >= 15 is 0 Å². The van der Waals surface area contributed by atoms with Crippen molar-refractivity contribution in [2.45, 2.75) is 58.8 Å². The molecule has 1 aromatic carbocycles. The van der Waals surface area contributed by atoms with Crippen LogP contribution in [0.25, 0.3) is 0 Å². The topological polar surface area (TPSA) is 0 Å². The van der Waals surface area contributed by atoms with Crippen LogP contribution in [0.4, 0.5) is 0 Å². The number of hydrogen-bond donors (Lipinski definition) is 0. The van der Waals surface area contributed by atoms with Gasteiger partial charge in [0.1, 0.15) is 0 Å². The molecule has 0 N–H and O–H groups in total. The lowest BCUT2D eigenvalue weighted by Gasteiger charge is -2.24. The maximum absolute atomic E-state index is 5.45. The summed E-state index contributed by atoms with van der Waals surface area (Å²) in [5.41, 5.74) is 4.40. The van der Waals surface area contributed by atoms with E-state index in [1.165, 1.54) is 16.7 Å². The number of rotatable bonds is 3. The standard InChI is InChI=1S/C17H24/c1-7-9-14(8-2)15-11-10-13(3)16(12-15)17(4,5)6/h1,10-12,14H,8-9H2,2-6H3. The van der Waals surface area contributed by atoms with E-state index in [1.807, 2.05) is 0 Å². The molecule has 0 aliphatic carbocycles. The number of terminal acetylenes is 1. The van der Waals surface area contributed by atoms with Crippen molar-refractivity contribution in [2.75, 3.05) is 0 Å². The van der Waals surface area contributed by atoms with Crippen LogP contribution in [-0.2, 0) is 5.41 Å². The zero-order valence-electron chi connectivity index (χ0n) is 11.8. The zero-order chi connectivity index (χ0) is 13.1. The lowest BCUT2D eigenvalue weighted by molar-refractivity contribution is 0.582. The highest BCUT2D eigenvalue weighted by atomic mass is 14.2. The Morgan fingerprint density at radius 1 is 1.29 bits per heavy atom. The second kappa shape index (κ2) is 5.41. The molecule has 17 heavy (non-hydrogen) atoms. The van der Waals surface area contributed by atoms with Crippen LogP contribution in [0, 0.1) is 19.3 Å². The summed E-state index contributed by atoms with van der Waals surface area (Å²) in [5, 5.41) is 0. The first kappa shape index (κ1) is 13.8. The summed E-state index contributed by atoms with van der Waals surface area (Å²) < 4.78 is 0. The molecule has 0 heteroatoms. The lowest BCUT2D eigenvalue weighted by Crippen LogP contribution is -2.14. The minimum Gasteiger partial charge on any atom is -0.120 e. The van der Waals surface area contributed by atoms with Crippen LogP contribution in [0.15, 0.2) is 18.2 Å². The van der Waals surface area contributed by atoms with Crippen LogP contribution in [0.1, 0.15) is 63.1 Å². The quantitative estimate of drug-likeness (QED) is 0.651. The maximum atomic E-state index is 5.45. The molecule has 0 aliphatic rings. The van der Waals surface area contributed by atoms with Gasteiger partial charge in [-0.25, -0.2) is 0 Å². The third-order valence-corrected chi connectivity index (χ3v) is 3.40. The molecule has 0 radical (unpaired) electrons. The average Bonchev–Trinajstić information content (AvgIpc) is 2.25. The van der Waals surface area contributed by atoms with Crippen molar-refractivity contribution in [2.24, 2.45) is 0 Å². The summed E-state index contributed by atoms with van der Waals surface area (Å²) in [6, 6.07) is 6.81. The minimum atomic E-state index is 0.203. The Balaban J connectivity index is 3.17. The Hall–Kier alpha value is -1.22. The van der Waals surface area contributed by atoms with Gasteiger partial charge in [0.05, 0.1) is 0 Å². The number of benzene rings is 1. The van der Waals surface area contributed by atoms with Crippen LogP contribution in [0.3, 0.4) is 0 Å². The van der Waals surface area contributed by atoms with Crippen molar-refractivity contribution in [3.63, 3.8) is 0 Å². The van der Waals surface area contributed by atoms with Crippen molar-refractivity contribution in [1.82, 2.24) is 0 Å². The summed E-state index contributed by atoms with van der Waals surface area (Å²) in [5.74, 6) is 3.29. The van der Waals surface area contributed by atoms with Crippen LogP contribution >= 0.6 is 0 Å². The van der Waals surface area contributed by atoms with E-state index in [4.69, 9.17) is 6.42 Å². The van der Waals surface area contributed by atoms with E-state index in [1.54, 1.807) is 0 Å². The fraction of sp³-hybridized carbons (Fsp3) is 0.529. The Morgan fingerprint density at radius 3 is 2.41 bits per heavy atom. The number of aryl methyl sites for hydroxylation is 1. The van der Waals surface area contributed by atoms with Gasteiger partial charge in [0.25, 0.3) is 0 Å². The summed E-state index contributed by atoms with van der Waals surface area (Å²) in [6.45, 7) is 11.2. The van der Waals surface area contributed by atoms with Gasteiger partial charge in [-0.1, -0.05) is 45.9 Å². The lowest BCUT2D eigenvalue weighted by atomic mass is 9.81. The maximum Gasteiger partial charge on any atom is 0.0155 e. The zero-order valence-corrected chi connectivity index (χ0v) is 11.8. The Morgan fingerprint density at radius 2 is 1.94 bits per heavy atom. The Kier molecular flexibility index (Phi) is 4.40. The third-order valence-electron chi connectivity index (χ3n) is 3.40. The Bertz CT molecular complexity index is 413. The van der Waals surface area contributed by atoms with Crippen LogP contribution in [0.2, 0.25) is 0 Å². The highest BCUT2D eigenvalue weighted by molar-refractivity contribution is 5.37. The molecule has 0 spiro atoms. The van der Waals surface area contributed by atoms with E-state index in [2.05, 4.69) is 58.7 Å². The van der Waals surface area contributed by atoms with Crippen LogP contribution in [0.5, 0.6) is 0 Å². The molecule has 0 aliphatic heterocycles. The molecule has 0 aromatic heterocycles. The van der Waals surface area contributed by atoms with Crippen molar-refractivity contribution in [3.05, 3.63) is 34.9 Å². The molecule has 0 saturated heterocycles. The Labute approximate surface area is 106 Å². The first-order valence-electron chi connectivity index (χ1n) is 6.44. The third kappa shape index (κ3) is 3.37. The monoisotopic (exact) mass is 228 g/mol. The molecule has 0 nitrogen and oxygen atoms in total. The van der Waals surface area contributed by atoms with Gasteiger partial charge < -0.3 is 0 Å². The molecule has 0 bridgehead atoms. The van der Waals surface area contributed by atoms with Crippen molar-refractivity contribution >= 4 is 0 Å². The van der Waals surface area contributed by atoms with Gasteiger partial charge in [0.2, 0.25) is 0 Å². The smallest absolute Gasteiger partial charge is 0.0155 e. The van der Waals surface area contributed by atoms with Crippen LogP contribution in [-0.4, -0.2) is 0 Å². The average molecular weight is 228 g/mol. The first-order chi connectivity index (χ1) is 7.90. The fourth-order valence-corrected chi connectivity index (χ4v) is 2.34. The van der Waals surface area contributed by atoms with Gasteiger partial charge in [0.15, 0.2) is 0 Å². The predicted octanol–water partition coefficient (Wildman–Crippen LogP) is 4.81.